The predicted octanol–water partition coefficient (Wildman–Crippen LogP) is 2.83. The van der Waals surface area contributed by atoms with Crippen LogP contribution in [0.15, 0.2) is 18.2 Å². The van der Waals surface area contributed by atoms with Crippen molar-refractivity contribution in [3.8, 4) is 0 Å². The second-order valence-electron chi connectivity index (χ2n) is 6.54. The summed E-state index contributed by atoms with van der Waals surface area (Å²) in [6.07, 6.45) is 4.18. The summed E-state index contributed by atoms with van der Waals surface area (Å²) in [6.45, 7) is 4.30. The monoisotopic (exact) mass is 272 g/mol. The standard InChI is InChI=1S/C16H20N2O2/c1-16(2)8-4-3-5-13(16)18-14(19)11-7-6-10(17)9-12(11)15(18)20/h6-7,9,13H,3-5,8,17H2,1-2H3. The van der Waals surface area contributed by atoms with Crippen molar-refractivity contribution in [3.05, 3.63) is 29.3 Å². The van der Waals surface area contributed by atoms with Crippen LogP contribution in [0.1, 0.15) is 60.2 Å². The molecule has 1 heterocycles. The van der Waals surface area contributed by atoms with Crippen LogP contribution >= 0.6 is 0 Å². The number of rotatable bonds is 1. The van der Waals surface area contributed by atoms with E-state index in [9.17, 15) is 9.59 Å². The first-order valence-electron chi connectivity index (χ1n) is 7.19. The molecule has 2 N–H and O–H groups in total. The third kappa shape index (κ3) is 1.82. The van der Waals surface area contributed by atoms with Crippen molar-refractivity contribution in [1.29, 1.82) is 0 Å². The maximum atomic E-state index is 12.6. The minimum atomic E-state index is -0.183. The molecule has 3 rings (SSSR count). The van der Waals surface area contributed by atoms with Crippen LogP contribution in [0.2, 0.25) is 0 Å². The Kier molecular flexibility index (Phi) is 2.85. The van der Waals surface area contributed by atoms with E-state index in [1.165, 1.54) is 11.3 Å². The van der Waals surface area contributed by atoms with Crippen molar-refractivity contribution in [2.75, 3.05) is 5.73 Å². The molecule has 20 heavy (non-hydrogen) atoms. The van der Waals surface area contributed by atoms with Gasteiger partial charge in [0.05, 0.1) is 11.1 Å². The molecule has 1 aliphatic carbocycles. The molecule has 0 saturated heterocycles. The summed E-state index contributed by atoms with van der Waals surface area (Å²) in [5.74, 6) is -0.345. The van der Waals surface area contributed by atoms with Crippen molar-refractivity contribution in [2.24, 2.45) is 5.41 Å². The fourth-order valence-electron chi connectivity index (χ4n) is 3.51. The first kappa shape index (κ1) is 13.2. The Bertz CT molecular complexity index is 592. The van der Waals surface area contributed by atoms with E-state index < -0.39 is 0 Å². The van der Waals surface area contributed by atoms with Gasteiger partial charge in [-0.25, -0.2) is 0 Å². The Morgan fingerprint density at radius 2 is 1.85 bits per heavy atom. The third-order valence-electron chi connectivity index (χ3n) is 4.70. The molecule has 0 radical (unpaired) electrons. The van der Waals surface area contributed by atoms with Crippen molar-refractivity contribution in [1.82, 2.24) is 4.90 Å². The van der Waals surface area contributed by atoms with Gasteiger partial charge in [-0.05, 0) is 36.5 Å². The van der Waals surface area contributed by atoms with Crippen LogP contribution < -0.4 is 5.73 Å². The molecule has 1 saturated carbocycles. The van der Waals surface area contributed by atoms with E-state index in [0.717, 1.165) is 19.3 Å². The predicted molar refractivity (Wildman–Crippen MR) is 77.4 cm³/mol. The molecular formula is C16H20N2O2. The van der Waals surface area contributed by atoms with Crippen LogP contribution in [0, 0.1) is 5.41 Å². The normalized spacial score (nSPS) is 24.9. The minimum absolute atomic E-state index is 0.00938. The van der Waals surface area contributed by atoms with Gasteiger partial charge >= 0.3 is 0 Å². The lowest BCUT2D eigenvalue weighted by molar-refractivity contribution is 0.0330. The molecule has 4 heteroatoms. The number of nitrogen functional groups attached to an aromatic ring is 1. The van der Waals surface area contributed by atoms with Gasteiger partial charge < -0.3 is 5.73 Å². The first-order valence-corrected chi connectivity index (χ1v) is 7.19. The van der Waals surface area contributed by atoms with E-state index in [0.29, 0.717) is 16.8 Å². The average Bonchev–Trinajstić information content (AvgIpc) is 2.62. The summed E-state index contributed by atoms with van der Waals surface area (Å²) < 4.78 is 0. The second-order valence-corrected chi connectivity index (χ2v) is 6.54. The lowest BCUT2D eigenvalue weighted by Gasteiger charge is -2.42. The van der Waals surface area contributed by atoms with Crippen LogP contribution in [0.3, 0.4) is 0 Å². The highest BCUT2D eigenvalue weighted by atomic mass is 16.2. The number of fused-ring (bicyclic) bond motifs is 1. The third-order valence-corrected chi connectivity index (χ3v) is 4.70. The highest BCUT2D eigenvalue weighted by molar-refractivity contribution is 6.22. The van der Waals surface area contributed by atoms with E-state index >= 15 is 0 Å². The van der Waals surface area contributed by atoms with Crippen LogP contribution in [0.5, 0.6) is 0 Å². The zero-order valence-corrected chi connectivity index (χ0v) is 12.0. The Morgan fingerprint density at radius 3 is 2.55 bits per heavy atom. The summed E-state index contributed by atoms with van der Waals surface area (Å²) in [6, 6.07) is 4.95. The molecule has 2 aliphatic rings. The zero-order chi connectivity index (χ0) is 14.5. The SMILES string of the molecule is CC1(C)CCCCC1N1C(=O)c2ccc(N)cc2C1=O. The molecule has 2 amide bonds. The van der Waals surface area contributed by atoms with E-state index in [-0.39, 0.29) is 23.3 Å². The number of anilines is 1. The minimum Gasteiger partial charge on any atom is -0.399 e. The van der Waals surface area contributed by atoms with Crippen LogP contribution in [-0.2, 0) is 0 Å². The summed E-state index contributed by atoms with van der Waals surface area (Å²) >= 11 is 0. The molecule has 1 fully saturated rings. The van der Waals surface area contributed by atoms with Gasteiger partial charge in [0, 0.05) is 11.7 Å². The lowest BCUT2D eigenvalue weighted by atomic mass is 9.72. The first-order chi connectivity index (χ1) is 9.42. The fraction of sp³-hybridized carbons (Fsp3) is 0.500. The molecule has 0 spiro atoms. The Morgan fingerprint density at radius 1 is 1.15 bits per heavy atom. The summed E-state index contributed by atoms with van der Waals surface area (Å²) in [5.41, 5.74) is 7.19. The van der Waals surface area contributed by atoms with Crippen molar-refractivity contribution >= 4 is 17.5 Å². The smallest absolute Gasteiger partial charge is 0.261 e. The molecular weight excluding hydrogens is 252 g/mol. The van der Waals surface area contributed by atoms with Crippen molar-refractivity contribution in [2.45, 2.75) is 45.6 Å². The van der Waals surface area contributed by atoms with Gasteiger partial charge in [-0.2, -0.15) is 0 Å². The van der Waals surface area contributed by atoms with Gasteiger partial charge in [0.15, 0.2) is 0 Å². The molecule has 1 atom stereocenters. The number of nitrogens with two attached hydrogens (primary N) is 1. The Labute approximate surface area is 118 Å². The van der Waals surface area contributed by atoms with Gasteiger partial charge in [-0.3, -0.25) is 14.5 Å². The number of hydrogen-bond acceptors (Lipinski definition) is 3. The molecule has 1 aliphatic heterocycles. The van der Waals surface area contributed by atoms with E-state index in [4.69, 9.17) is 5.73 Å². The molecule has 4 nitrogen and oxygen atoms in total. The lowest BCUT2D eigenvalue weighted by Crippen LogP contribution is -2.49. The maximum absolute atomic E-state index is 12.6. The number of benzene rings is 1. The quantitative estimate of drug-likeness (QED) is 0.631. The number of carbonyl (C=O) groups is 2. The summed E-state index contributed by atoms with van der Waals surface area (Å²) in [7, 11) is 0. The molecule has 0 aromatic heterocycles. The van der Waals surface area contributed by atoms with Crippen LogP contribution in [0.4, 0.5) is 5.69 Å². The highest BCUT2D eigenvalue weighted by Crippen LogP contribution is 2.41. The Balaban J connectivity index is 2.01. The van der Waals surface area contributed by atoms with Crippen molar-refractivity contribution in [3.63, 3.8) is 0 Å². The van der Waals surface area contributed by atoms with Crippen LogP contribution in [-0.4, -0.2) is 22.8 Å². The van der Waals surface area contributed by atoms with Gasteiger partial charge in [0.25, 0.3) is 11.8 Å². The van der Waals surface area contributed by atoms with E-state index in [2.05, 4.69) is 13.8 Å². The molecule has 106 valence electrons. The zero-order valence-electron chi connectivity index (χ0n) is 12.0. The van der Waals surface area contributed by atoms with Crippen molar-refractivity contribution < 1.29 is 9.59 Å². The number of imide groups is 1. The van der Waals surface area contributed by atoms with Gasteiger partial charge in [0.2, 0.25) is 0 Å². The largest absolute Gasteiger partial charge is 0.399 e. The van der Waals surface area contributed by atoms with Gasteiger partial charge in [-0.15, -0.1) is 0 Å². The summed E-state index contributed by atoms with van der Waals surface area (Å²) in [4.78, 5) is 26.6. The van der Waals surface area contributed by atoms with Crippen LogP contribution in [0.25, 0.3) is 0 Å². The molecule has 1 unspecified atom stereocenters. The number of nitrogens with zero attached hydrogens (tertiary/aromatic N) is 1. The summed E-state index contributed by atoms with van der Waals surface area (Å²) in [5, 5.41) is 0. The number of hydrogen-bond donors (Lipinski definition) is 1. The average molecular weight is 272 g/mol. The fourth-order valence-corrected chi connectivity index (χ4v) is 3.51. The van der Waals surface area contributed by atoms with E-state index in [1.54, 1.807) is 18.2 Å². The molecule has 1 aromatic rings. The maximum Gasteiger partial charge on any atom is 0.261 e. The number of amides is 2. The highest BCUT2D eigenvalue weighted by Gasteiger charge is 2.46. The number of carbonyl (C=O) groups excluding carboxylic acids is 2. The van der Waals surface area contributed by atoms with Gasteiger partial charge in [0.1, 0.15) is 0 Å². The Hall–Kier alpha value is -1.84. The molecule has 1 aromatic carbocycles. The van der Waals surface area contributed by atoms with Gasteiger partial charge in [-0.1, -0.05) is 26.7 Å². The van der Waals surface area contributed by atoms with E-state index in [1.807, 2.05) is 0 Å². The molecule has 0 bridgehead atoms. The topological polar surface area (TPSA) is 63.4 Å². The second kappa shape index (κ2) is 4.33.